The van der Waals surface area contributed by atoms with Crippen molar-refractivity contribution < 1.29 is 19.5 Å². The first-order valence-corrected chi connectivity index (χ1v) is 10.2. The van der Waals surface area contributed by atoms with E-state index in [1.165, 1.54) is 4.90 Å². The molecule has 2 amide bonds. The molecule has 0 spiro atoms. The lowest BCUT2D eigenvalue weighted by Gasteiger charge is -2.23. The van der Waals surface area contributed by atoms with E-state index in [1.54, 1.807) is 4.90 Å². The Labute approximate surface area is 176 Å². The lowest BCUT2D eigenvalue weighted by Crippen LogP contribution is -2.38. The Balaban J connectivity index is 1.98. The standard InChI is InChI=1S/C23H27N3O4/c24-13-6-2-3-7-17-10-11-20-19(15-17)23(30)25(14-12-22(28)29)16-21(27)26(20)18-8-4-1-5-9-18/h1,4-5,8-11,15H,2-3,6-7,12-14,16,24H2,(H,28,29). The fourth-order valence-electron chi connectivity index (χ4n) is 3.64. The van der Waals surface area contributed by atoms with Gasteiger partial charge in [0, 0.05) is 12.2 Å². The van der Waals surface area contributed by atoms with Crippen molar-refractivity contribution in [2.24, 2.45) is 5.73 Å². The van der Waals surface area contributed by atoms with Gasteiger partial charge in [0.25, 0.3) is 11.8 Å². The number of carboxylic acid groups (broad SMARTS) is 1. The molecule has 0 aliphatic carbocycles. The van der Waals surface area contributed by atoms with E-state index in [1.807, 2.05) is 48.5 Å². The quantitative estimate of drug-likeness (QED) is 0.620. The van der Waals surface area contributed by atoms with Crippen LogP contribution in [-0.4, -0.2) is 47.4 Å². The van der Waals surface area contributed by atoms with Crippen LogP contribution in [0.25, 0.3) is 0 Å². The summed E-state index contributed by atoms with van der Waals surface area (Å²) < 4.78 is 0. The zero-order chi connectivity index (χ0) is 21.5. The molecule has 3 rings (SSSR count). The van der Waals surface area contributed by atoms with Gasteiger partial charge >= 0.3 is 5.97 Å². The van der Waals surface area contributed by atoms with Crippen LogP contribution in [0.3, 0.4) is 0 Å². The number of aliphatic carboxylic acids is 1. The molecule has 0 fully saturated rings. The normalized spacial score (nSPS) is 13.9. The average molecular weight is 409 g/mol. The van der Waals surface area contributed by atoms with Gasteiger partial charge in [-0.25, -0.2) is 0 Å². The first-order valence-electron chi connectivity index (χ1n) is 10.2. The van der Waals surface area contributed by atoms with Gasteiger partial charge < -0.3 is 15.7 Å². The van der Waals surface area contributed by atoms with Crippen molar-refractivity contribution >= 4 is 29.2 Å². The van der Waals surface area contributed by atoms with Crippen LogP contribution >= 0.6 is 0 Å². The summed E-state index contributed by atoms with van der Waals surface area (Å²) in [6.45, 7) is 0.486. The molecule has 3 N–H and O–H groups in total. The van der Waals surface area contributed by atoms with E-state index in [9.17, 15) is 14.4 Å². The maximum atomic E-state index is 13.2. The molecule has 7 nitrogen and oxygen atoms in total. The van der Waals surface area contributed by atoms with Gasteiger partial charge in [0.05, 0.1) is 17.7 Å². The molecular formula is C23H27N3O4. The van der Waals surface area contributed by atoms with Crippen molar-refractivity contribution in [1.29, 1.82) is 0 Å². The highest BCUT2D eigenvalue weighted by Crippen LogP contribution is 2.33. The van der Waals surface area contributed by atoms with Gasteiger partial charge in [0.1, 0.15) is 6.54 Å². The molecule has 0 saturated heterocycles. The SMILES string of the molecule is NCCCCCc1ccc2c(c1)C(=O)N(CCC(=O)O)CC(=O)N2c1ccccc1. The van der Waals surface area contributed by atoms with Crippen molar-refractivity contribution in [3.63, 3.8) is 0 Å². The topological polar surface area (TPSA) is 104 Å². The van der Waals surface area contributed by atoms with Gasteiger partial charge in [0.2, 0.25) is 0 Å². The number of rotatable bonds is 9. The Bertz CT molecular complexity index is 914. The summed E-state index contributed by atoms with van der Waals surface area (Å²) >= 11 is 0. The van der Waals surface area contributed by atoms with Crippen LogP contribution in [0.2, 0.25) is 0 Å². The van der Waals surface area contributed by atoms with Gasteiger partial charge in [-0.05, 0) is 55.6 Å². The highest BCUT2D eigenvalue weighted by molar-refractivity contribution is 6.13. The summed E-state index contributed by atoms with van der Waals surface area (Å²) in [6, 6.07) is 14.8. The number of anilines is 2. The Morgan fingerprint density at radius 3 is 2.50 bits per heavy atom. The van der Waals surface area contributed by atoms with Crippen molar-refractivity contribution in [1.82, 2.24) is 4.90 Å². The first kappa shape index (κ1) is 21.5. The first-order chi connectivity index (χ1) is 14.5. The highest BCUT2D eigenvalue weighted by atomic mass is 16.4. The second-order valence-corrected chi connectivity index (χ2v) is 7.39. The maximum Gasteiger partial charge on any atom is 0.305 e. The fourth-order valence-corrected chi connectivity index (χ4v) is 3.64. The zero-order valence-corrected chi connectivity index (χ0v) is 16.9. The molecule has 0 atom stereocenters. The minimum atomic E-state index is -1.01. The number of fused-ring (bicyclic) bond motifs is 1. The summed E-state index contributed by atoms with van der Waals surface area (Å²) in [5.74, 6) is -1.59. The third-order valence-electron chi connectivity index (χ3n) is 5.17. The molecule has 2 aromatic carbocycles. The molecular weight excluding hydrogens is 382 g/mol. The third kappa shape index (κ3) is 5.04. The number of aryl methyl sites for hydroxylation is 1. The van der Waals surface area contributed by atoms with E-state index < -0.39 is 5.97 Å². The van der Waals surface area contributed by atoms with Crippen LogP contribution in [-0.2, 0) is 16.0 Å². The molecule has 1 heterocycles. The van der Waals surface area contributed by atoms with Crippen molar-refractivity contribution in [2.75, 3.05) is 24.5 Å². The van der Waals surface area contributed by atoms with Gasteiger partial charge in [-0.2, -0.15) is 0 Å². The predicted molar refractivity (Wildman–Crippen MR) is 115 cm³/mol. The van der Waals surface area contributed by atoms with Gasteiger partial charge in [-0.15, -0.1) is 0 Å². The summed E-state index contributed by atoms with van der Waals surface area (Å²) in [6.07, 6.45) is 3.55. The molecule has 2 aromatic rings. The van der Waals surface area contributed by atoms with E-state index in [-0.39, 0.29) is 31.3 Å². The zero-order valence-electron chi connectivity index (χ0n) is 16.9. The van der Waals surface area contributed by atoms with Crippen molar-refractivity contribution in [3.8, 4) is 0 Å². The number of hydrogen-bond donors (Lipinski definition) is 2. The second-order valence-electron chi connectivity index (χ2n) is 7.39. The van der Waals surface area contributed by atoms with E-state index in [0.29, 0.717) is 23.5 Å². The lowest BCUT2D eigenvalue weighted by molar-refractivity contribution is -0.137. The largest absolute Gasteiger partial charge is 0.481 e. The molecule has 0 bridgehead atoms. The molecule has 1 aliphatic rings. The Kier molecular flexibility index (Phi) is 7.19. The van der Waals surface area contributed by atoms with E-state index in [0.717, 1.165) is 31.2 Å². The number of hydrogen-bond acceptors (Lipinski definition) is 4. The molecule has 7 heteroatoms. The minimum absolute atomic E-state index is 0.0112. The monoisotopic (exact) mass is 409 g/mol. The number of carboxylic acids is 1. The number of benzene rings is 2. The van der Waals surface area contributed by atoms with Gasteiger partial charge in [-0.3, -0.25) is 19.3 Å². The number of carbonyl (C=O) groups excluding carboxylic acids is 2. The predicted octanol–water partition coefficient (Wildman–Crippen LogP) is 2.95. The van der Waals surface area contributed by atoms with Crippen LogP contribution in [0.15, 0.2) is 48.5 Å². The summed E-state index contributed by atoms with van der Waals surface area (Å²) in [5.41, 5.74) is 8.19. The number of nitrogens with zero attached hydrogens (tertiary/aromatic N) is 2. The number of nitrogens with two attached hydrogens (primary N) is 1. The average Bonchev–Trinajstić information content (AvgIpc) is 2.84. The highest BCUT2D eigenvalue weighted by Gasteiger charge is 2.32. The van der Waals surface area contributed by atoms with Crippen LogP contribution in [0, 0.1) is 0 Å². The van der Waals surface area contributed by atoms with E-state index in [2.05, 4.69) is 0 Å². The number of unbranched alkanes of at least 4 members (excludes halogenated alkanes) is 2. The molecule has 0 aromatic heterocycles. The van der Waals surface area contributed by atoms with Gasteiger partial charge in [-0.1, -0.05) is 30.7 Å². The van der Waals surface area contributed by atoms with Crippen LogP contribution < -0.4 is 10.6 Å². The van der Waals surface area contributed by atoms with Crippen LogP contribution in [0.5, 0.6) is 0 Å². The third-order valence-corrected chi connectivity index (χ3v) is 5.17. The maximum absolute atomic E-state index is 13.2. The number of para-hydroxylation sites is 1. The number of carbonyl (C=O) groups is 3. The fraction of sp³-hybridized carbons (Fsp3) is 0.348. The van der Waals surface area contributed by atoms with Crippen molar-refractivity contribution in [2.45, 2.75) is 32.1 Å². The smallest absolute Gasteiger partial charge is 0.305 e. The Morgan fingerprint density at radius 1 is 1.03 bits per heavy atom. The molecule has 0 saturated carbocycles. The summed E-state index contributed by atoms with van der Waals surface area (Å²) in [5, 5.41) is 9.03. The minimum Gasteiger partial charge on any atom is -0.481 e. The summed E-state index contributed by atoms with van der Waals surface area (Å²) in [7, 11) is 0. The van der Waals surface area contributed by atoms with E-state index in [4.69, 9.17) is 10.8 Å². The van der Waals surface area contributed by atoms with Crippen molar-refractivity contribution in [3.05, 3.63) is 59.7 Å². The molecule has 1 aliphatic heterocycles. The van der Waals surface area contributed by atoms with Crippen LogP contribution in [0.1, 0.15) is 41.6 Å². The second kappa shape index (κ2) is 10.0. The van der Waals surface area contributed by atoms with Gasteiger partial charge in [0.15, 0.2) is 0 Å². The van der Waals surface area contributed by atoms with E-state index >= 15 is 0 Å². The Hall–Kier alpha value is -3.19. The Morgan fingerprint density at radius 2 is 1.80 bits per heavy atom. The summed E-state index contributed by atoms with van der Waals surface area (Å²) in [4.78, 5) is 40.2. The lowest BCUT2D eigenvalue weighted by atomic mass is 10.0. The molecule has 30 heavy (non-hydrogen) atoms. The van der Waals surface area contributed by atoms with Crippen LogP contribution in [0.4, 0.5) is 11.4 Å². The number of amides is 2. The molecule has 0 unspecified atom stereocenters. The molecule has 158 valence electrons. The molecule has 0 radical (unpaired) electrons.